The summed E-state index contributed by atoms with van der Waals surface area (Å²) in [7, 11) is 0. The van der Waals surface area contributed by atoms with Gasteiger partial charge in [-0.3, -0.25) is 4.90 Å². The smallest absolute Gasteiger partial charge is 0.326 e. The average molecular weight is 447 g/mol. The van der Waals surface area contributed by atoms with Crippen molar-refractivity contribution in [1.82, 2.24) is 10.6 Å². The molecule has 2 aromatic carbocycles. The topological polar surface area (TPSA) is 73.5 Å². The zero-order chi connectivity index (χ0) is 22.1. The van der Waals surface area contributed by atoms with Gasteiger partial charge in [0.1, 0.15) is 5.82 Å². The standard InChI is InChI=1S/C23H28ClFN4O2/c24-17-7-11-20(12-8-17)28-23(31)29(21-13-9-18(25)10-14-21)16-4-15-26-22(30)27-19-5-2-1-3-6-19/h7-14,19H,1-6,15-16H2,(H,28,31)(H2,26,27,30). The molecular weight excluding hydrogens is 419 g/mol. The number of anilines is 2. The summed E-state index contributed by atoms with van der Waals surface area (Å²) in [4.78, 5) is 26.5. The van der Waals surface area contributed by atoms with Gasteiger partial charge in [-0.2, -0.15) is 0 Å². The molecule has 1 fully saturated rings. The Morgan fingerprint density at radius 3 is 2.35 bits per heavy atom. The van der Waals surface area contributed by atoms with E-state index < -0.39 is 0 Å². The van der Waals surface area contributed by atoms with Crippen molar-refractivity contribution in [2.24, 2.45) is 0 Å². The largest absolute Gasteiger partial charge is 0.338 e. The van der Waals surface area contributed by atoms with E-state index in [4.69, 9.17) is 11.6 Å². The molecule has 8 heteroatoms. The van der Waals surface area contributed by atoms with Crippen molar-refractivity contribution >= 4 is 35.0 Å². The molecule has 0 unspecified atom stereocenters. The van der Waals surface area contributed by atoms with Crippen LogP contribution in [0.25, 0.3) is 0 Å². The van der Waals surface area contributed by atoms with Crippen LogP contribution in [-0.2, 0) is 0 Å². The Labute approximate surface area is 187 Å². The number of carbonyl (C=O) groups excluding carboxylic acids is 2. The Bertz CT molecular complexity index is 855. The third-order valence-corrected chi connectivity index (χ3v) is 5.52. The molecule has 166 valence electrons. The van der Waals surface area contributed by atoms with Crippen molar-refractivity contribution in [2.75, 3.05) is 23.3 Å². The van der Waals surface area contributed by atoms with Crippen LogP contribution in [0, 0.1) is 5.82 Å². The lowest BCUT2D eigenvalue weighted by Gasteiger charge is -2.24. The number of nitrogens with zero attached hydrogens (tertiary/aromatic N) is 1. The third kappa shape index (κ3) is 7.43. The van der Waals surface area contributed by atoms with Gasteiger partial charge in [0.05, 0.1) is 0 Å². The summed E-state index contributed by atoms with van der Waals surface area (Å²) < 4.78 is 13.3. The summed E-state index contributed by atoms with van der Waals surface area (Å²) in [5.74, 6) is -0.372. The van der Waals surface area contributed by atoms with Crippen LogP contribution in [0.15, 0.2) is 48.5 Å². The minimum atomic E-state index is -0.372. The average Bonchev–Trinajstić information content (AvgIpc) is 2.77. The van der Waals surface area contributed by atoms with E-state index in [9.17, 15) is 14.0 Å². The number of benzene rings is 2. The van der Waals surface area contributed by atoms with Crippen LogP contribution in [0.4, 0.5) is 25.4 Å². The SMILES string of the molecule is O=C(NCCCN(C(=O)Nc1ccc(Cl)cc1)c1ccc(F)cc1)NC1CCCCC1. The van der Waals surface area contributed by atoms with Gasteiger partial charge in [0.25, 0.3) is 0 Å². The second-order valence-electron chi connectivity index (χ2n) is 7.65. The molecule has 0 bridgehead atoms. The molecule has 0 radical (unpaired) electrons. The van der Waals surface area contributed by atoms with Crippen molar-refractivity contribution in [3.63, 3.8) is 0 Å². The first kappa shape index (κ1) is 22.9. The molecule has 1 aliphatic carbocycles. The number of nitrogens with one attached hydrogen (secondary N) is 3. The van der Waals surface area contributed by atoms with Crippen LogP contribution in [-0.4, -0.2) is 31.2 Å². The van der Waals surface area contributed by atoms with Crippen LogP contribution in [0.1, 0.15) is 38.5 Å². The highest BCUT2D eigenvalue weighted by atomic mass is 35.5. The fourth-order valence-corrected chi connectivity index (χ4v) is 3.74. The predicted octanol–water partition coefficient (Wildman–Crippen LogP) is 5.54. The van der Waals surface area contributed by atoms with E-state index in [1.165, 1.54) is 23.5 Å². The van der Waals surface area contributed by atoms with Crippen LogP contribution < -0.4 is 20.9 Å². The number of hydrogen-bond acceptors (Lipinski definition) is 2. The van der Waals surface area contributed by atoms with Crippen LogP contribution in [0.5, 0.6) is 0 Å². The first-order valence-electron chi connectivity index (χ1n) is 10.7. The molecule has 1 aliphatic rings. The van der Waals surface area contributed by atoms with Gasteiger partial charge in [-0.1, -0.05) is 30.9 Å². The Morgan fingerprint density at radius 1 is 1.00 bits per heavy atom. The molecule has 0 spiro atoms. The van der Waals surface area contributed by atoms with Gasteiger partial charge in [-0.05, 0) is 67.8 Å². The lowest BCUT2D eigenvalue weighted by atomic mass is 9.96. The summed E-state index contributed by atoms with van der Waals surface area (Å²) in [6.07, 6.45) is 6.13. The maximum atomic E-state index is 13.3. The molecule has 1 saturated carbocycles. The van der Waals surface area contributed by atoms with Gasteiger partial charge >= 0.3 is 12.1 Å². The second kappa shape index (κ2) is 11.6. The van der Waals surface area contributed by atoms with Crippen molar-refractivity contribution < 1.29 is 14.0 Å². The van der Waals surface area contributed by atoms with Crippen LogP contribution in [0.3, 0.4) is 0 Å². The highest BCUT2D eigenvalue weighted by Crippen LogP contribution is 2.19. The number of rotatable bonds is 7. The van der Waals surface area contributed by atoms with E-state index in [1.54, 1.807) is 36.4 Å². The Morgan fingerprint density at radius 2 is 1.68 bits per heavy atom. The van der Waals surface area contributed by atoms with E-state index in [0.29, 0.717) is 35.9 Å². The Hall–Kier alpha value is -2.80. The van der Waals surface area contributed by atoms with Gasteiger partial charge in [-0.15, -0.1) is 0 Å². The van der Waals surface area contributed by atoms with Crippen LogP contribution in [0.2, 0.25) is 5.02 Å². The number of amides is 4. The highest BCUT2D eigenvalue weighted by molar-refractivity contribution is 6.30. The number of carbonyl (C=O) groups is 2. The minimum absolute atomic E-state index is 0.175. The molecule has 0 aliphatic heterocycles. The van der Waals surface area contributed by atoms with Crippen molar-refractivity contribution in [3.8, 4) is 0 Å². The molecule has 3 rings (SSSR count). The molecule has 0 heterocycles. The zero-order valence-electron chi connectivity index (χ0n) is 17.4. The molecule has 3 N–H and O–H groups in total. The first-order chi connectivity index (χ1) is 15.0. The fourth-order valence-electron chi connectivity index (χ4n) is 3.62. The quantitative estimate of drug-likeness (QED) is 0.488. The summed E-state index contributed by atoms with van der Waals surface area (Å²) in [6, 6.07) is 12.3. The summed E-state index contributed by atoms with van der Waals surface area (Å²) in [5.41, 5.74) is 1.17. The molecule has 0 saturated heterocycles. The van der Waals surface area contributed by atoms with Gasteiger partial charge in [0.2, 0.25) is 0 Å². The van der Waals surface area contributed by atoms with Gasteiger partial charge in [0.15, 0.2) is 0 Å². The van der Waals surface area contributed by atoms with Crippen molar-refractivity contribution in [3.05, 3.63) is 59.4 Å². The molecule has 0 aromatic heterocycles. The summed E-state index contributed by atoms with van der Waals surface area (Å²) in [5, 5.41) is 9.26. The molecule has 6 nitrogen and oxygen atoms in total. The number of urea groups is 2. The van der Waals surface area contributed by atoms with E-state index >= 15 is 0 Å². The Kier molecular flexibility index (Phi) is 8.53. The monoisotopic (exact) mass is 446 g/mol. The van der Waals surface area contributed by atoms with E-state index in [2.05, 4.69) is 16.0 Å². The molecule has 4 amide bonds. The maximum absolute atomic E-state index is 13.3. The zero-order valence-corrected chi connectivity index (χ0v) is 18.1. The van der Waals surface area contributed by atoms with E-state index in [-0.39, 0.29) is 23.9 Å². The first-order valence-corrected chi connectivity index (χ1v) is 11.0. The predicted molar refractivity (Wildman–Crippen MR) is 122 cm³/mol. The van der Waals surface area contributed by atoms with Gasteiger partial charge in [0, 0.05) is 35.5 Å². The van der Waals surface area contributed by atoms with Crippen LogP contribution >= 0.6 is 11.6 Å². The number of halogens is 2. The fraction of sp³-hybridized carbons (Fsp3) is 0.391. The second-order valence-corrected chi connectivity index (χ2v) is 8.09. The minimum Gasteiger partial charge on any atom is -0.338 e. The molecular formula is C23H28ClFN4O2. The van der Waals surface area contributed by atoms with Crippen molar-refractivity contribution in [1.29, 1.82) is 0 Å². The van der Waals surface area contributed by atoms with Gasteiger partial charge in [-0.25, -0.2) is 14.0 Å². The molecule has 31 heavy (non-hydrogen) atoms. The normalized spacial score (nSPS) is 14.0. The van der Waals surface area contributed by atoms with Crippen molar-refractivity contribution in [2.45, 2.75) is 44.6 Å². The van der Waals surface area contributed by atoms with E-state index in [1.807, 2.05) is 0 Å². The Balaban J connectivity index is 1.53. The highest BCUT2D eigenvalue weighted by Gasteiger charge is 2.17. The lowest BCUT2D eigenvalue weighted by molar-refractivity contribution is 0.232. The lowest BCUT2D eigenvalue weighted by Crippen LogP contribution is -2.44. The molecule has 2 aromatic rings. The third-order valence-electron chi connectivity index (χ3n) is 5.26. The van der Waals surface area contributed by atoms with Gasteiger partial charge < -0.3 is 16.0 Å². The maximum Gasteiger partial charge on any atom is 0.326 e. The summed E-state index contributed by atoms with van der Waals surface area (Å²) >= 11 is 5.89. The van der Waals surface area contributed by atoms with E-state index in [0.717, 1.165) is 25.7 Å². The summed E-state index contributed by atoms with van der Waals surface area (Å²) in [6.45, 7) is 0.777. The number of hydrogen-bond donors (Lipinski definition) is 3. The molecule has 0 atom stereocenters.